The molecule has 2 aromatic carbocycles. The molecule has 3 unspecified atom stereocenters. The molecule has 0 aromatic heterocycles. The van der Waals surface area contributed by atoms with E-state index >= 15 is 0 Å². The molecule has 2 aromatic rings. The monoisotopic (exact) mass is 365 g/mol. The maximum Gasteiger partial charge on any atom is 0.412 e. The average Bonchev–Trinajstić information content (AvgIpc) is 2.72. The van der Waals surface area contributed by atoms with Crippen LogP contribution in [0.3, 0.4) is 0 Å². The smallest absolute Gasteiger partial charge is 0.412 e. The van der Waals surface area contributed by atoms with Gasteiger partial charge in [0.2, 0.25) is 6.29 Å². The minimum atomic E-state index is -0.418. The first-order chi connectivity index (χ1) is 13.3. The molecule has 1 saturated heterocycles. The lowest BCUT2D eigenvalue weighted by Gasteiger charge is -2.46. The van der Waals surface area contributed by atoms with Gasteiger partial charge >= 0.3 is 6.09 Å². The molecular weight excluding hydrogens is 338 g/mol. The number of nitrogens with zero attached hydrogens (tertiary/aromatic N) is 1. The number of fused-ring (bicyclic) bond motifs is 1. The SMILES string of the molecule is O=C1OC(OCCc2ccccc2)C2CCCCC2N1Cc1ccccc1. The van der Waals surface area contributed by atoms with Gasteiger partial charge in [-0.15, -0.1) is 0 Å². The van der Waals surface area contributed by atoms with Gasteiger partial charge in [-0.1, -0.05) is 73.5 Å². The summed E-state index contributed by atoms with van der Waals surface area (Å²) in [6, 6.07) is 20.6. The van der Waals surface area contributed by atoms with E-state index in [1.807, 2.05) is 41.3 Å². The Kier molecular flexibility index (Phi) is 5.73. The van der Waals surface area contributed by atoms with Crippen LogP contribution in [0.15, 0.2) is 60.7 Å². The summed E-state index contributed by atoms with van der Waals surface area (Å²) < 4.78 is 11.8. The minimum absolute atomic E-state index is 0.210. The Bertz CT molecular complexity index is 734. The third kappa shape index (κ3) is 4.33. The van der Waals surface area contributed by atoms with Crippen molar-refractivity contribution >= 4 is 6.09 Å². The highest BCUT2D eigenvalue weighted by Gasteiger charge is 2.45. The Hall–Kier alpha value is -2.33. The summed E-state index contributed by atoms with van der Waals surface area (Å²) >= 11 is 0. The Morgan fingerprint density at radius 2 is 1.59 bits per heavy atom. The van der Waals surface area contributed by atoms with Gasteiger partial charge in [-0.05, 0) is 30.4 Å². The zero-order chi connectivity index (χ0) is 18.5. The lowest BCUT2D eigenvalue weighted by atomic mass is 9.82. The Labute approximate surface area is 161 Å². The molecule has 142 valence electrons. The summed E-state index contributed by atoms with van der Waals surface area (Å²) in [6.45, 7) is 1.18. The molecular formula is C23H27NO3. The largest absolute Gasteiger partial charge is 0.419 e. The first-order valence-electron chi connectivity index (χ1n) is 9.98. The van der Waals surface area contributed by atoms with Gasteiger partial charge in [0.15, 0.2) is 0 Å². The topological polar surface area (TPSA) is 38.8 Å². The van der Waals surface area contributed by atoms with E-state index in [9.17, 15) is 4.79 Å². The van der Waals surface area contributed by atoms with Crippen LogP contribution in [0.5, 0.6) is 0 Å². The van der Waals surface area contributed by atoms with Crippen LogP contribution in [0, 0.1) is 5.92 Å². The molecule has 1 heterocycles. The fourth-order valence-corrected chi connectivity index (χ4v) is 4.29. The van der Waals surface area contributed by atoms with Crippen LogP contribution in [-0.2, 0) is 22.4 Å². The number of cyclic esters (lactones) is 1. The fourth-order valence-electron chi connectivity index (χ4n) is 4.29. The molecule has 4 heteroatoms. The quantitative estimate of drug-likeness (QED) is 0.739. The zero-order valence-corrected chi connectivity index (χ0v) is 15.6. The lowest BCUT2D eigenvalue weighted by molar-refractivity contribution is -0.189. The highest BCUT2D eigenvalue weighted by Crippen LogP contribution is 2.37. The van der Waals surface area contributed by atoms with Crippen LogP contribution >= 0.6 is 0 Å². The summed E-state index contributed by atoms with van der Waals surface area (Å²) in [5.74, 6) is 0.260. The minimum Gasteiger partial charge on any atom is -0.419 e. The third-order valence-corrected chi connectivity index (χ3v) is 5.69. The molecule has 1 aliphatic carbocycles. The van der Waals surface area contributed by atoms with E-state index in [0.717, 1.165) is 31.2 Å². The second kappa shape index (κ2) is 8.57. The number of hydrogen-bond acceptors (Lipinski definition) is 3. The van der Waals surface area contributed by atoms with Crippen molar-refractivity contribution in [2.75, 3.05) is 6.61 Å². The highest BCUT2D eigenvalue weighted by atomic mass is 16.7. The van der Waals surface area contributed by atoms with Crippen molar-refractivity contribution in [1.82, 2.24) is 4.90 Å². The molecule has 1 aliphatic heterocycles. The van der Waals surface area contributed by atoms with Gasteiger partial charge < -0.3 is 14.4 Å². The molecule has 0 spiro atoms. The average molecular weight is 365 g/mol. The van der Waals surface area contributed by atoms with Crippen LogP contribution in [-0.4, -0.2) is 29.9 Å². The van der Waals surface area contributed by atoms with Crippen LogP contribution in [0.1, 0.15) is 36.8 Å². The normalized spacial score (nSPS) is 25.0. The molecule has 4 rings (SSSR count). The van der Waals surface area contributed by atoms with Crippen LogP contribution in [0.4, 0.5) is 4.79 Å². The van der Waals surface area contributed by atoms with Crippen molar-refractivity contribution in [2.24, 2.45) is 5.92 Å². The molecule has 0 radical (unpaired) electrons. The van der Waals surface area contributed by atoms with E-state index in [4.69, 9.17) is 9.47 Å². The molecule has 0 bridgehead atoms. The zero-order valence-electron chi connectivity index (χ0n) is 15.6. The fraction of sp³-hybridized carbons (Fsp3) is 0.435. The van der Waals surface area contributed by atoms with Crippen molar-refractivity contribution in [3.63, 3.8) is 0 Å². The Morgan fingerprint density at radius 1 is 0.926 bits per heavy atom. The van der Waals surface area contributed by atoms with Crippen LogP contribution < -0.4 is 0 Å². The molecule has 2 aliphatic rings. The number of amides is 1. The first kappa shape index (κ1) is 18.1. The summed E-state index contributed by atoms with van der Waals surface area (Å²) in [5, 5.41) is 0. The maximum atomic E-state index is 12.7. The first-order valence-corrected chi connectivity index (χ1v) is 9.98. The molecule has 27 heavy (non-hydrogen) atoms. The summed E-state index contributed by atoms with van der Waals surface area (Å²) in [7, 11) is 0. The number of hydrogen-bond donors (Lipinski definition) is 0. The van der Waals surface area contributed by atoms with Gasteiger partial charge in [-0.2, -0.15) is 0 Å². The van der Waals surface area contributed by atoms with Crippen molar-refractivity contribution in [2.45, 2.75) is 51.0 Å². The summed E-state index contributed by atoms with van der Waals surface area (Å²) in [6.07, 6.45) is 4.60. The van der Waals surface area contributed by atoms with E-state index < -0.39 is 6.29 Å². The third-order valence-electron chi connectivity index (χ3n) is 5.69. The van der Waals surface area contributed by atoms with Gasteiger partial charge in [0.25, 0.3) is 0 Å². The van der Waals surface area contributed by atoms with Crippen LogP contribution in [0.2, 0.25) is 0 Å². The van der Waals surface area contributed by atoms with Gasteiger partial charge in [-0.3, -0.25) is 0 Å². The maximum absolute atomic E-state index is 12.7. The number of benzene rings is 2. The van der Waals surface area contributed by atoms with Crippen molar-refractivity contribution in [3.05, 3.63) is 71.8 Å². The Morgan fingerprint density at radius 3 is 2.33 bits per heavy atom. The number of rotatable bonds is 6. The molecule has 1 saturated carbocycles. The highest BCUT2D eigenvalue weighted by molar-refractivity contribution is 5.69. The van der Waals surface area contributed by atoms with E-state index in [0.29, 0.717) is 13.2 Å². The van der Waals surface area contributed by atoms with Gasteiger partial charge in [-0.25, -0.2) is 4.79 Å². The predicted octanol–water partition coefficient (Wildman–Crippen LogP) is 4.78. The van der Waals surface area contributed by atoms with Gasteiger partial charge in [0.1, 0.15) is 0 Å². The lowest BCUT2D eigenvalue weighted by Crippen LogP contribution is -2.56. The number of carbonyl (C=O) groups is 1. The molecule has 2 fully saturated rings. The molecule has 4 nitrogen and oxygen atoms in total. The van der Waals surface area contributed by atoms with E-state index in [2.05, 4.69) is 24.3 Å². The predicted molar refractivity (Wildman–Crippen MR) is 104 cm³/mol. The molecule has 0 N–H and O–H groups in total. The number of ether oxygens (including phenoxy) is 2. The summed E-state index contributed by atoms with van der Waals surface area (Å²) in [5.41, 5.74) is 2.38. The number of carbonyl (C=O) groups excluding carboxylic acids is 1. The van der Waals surface area contributed by atoms with Crippen molar-refractivity contribution in [3.8, 4) is 0 Å². The second-order valence-electron chi connectivity index (χ2n) is 7.49. The molecule has 3 atom stereocenters. The van der Waals surface area contributed by atoms with E-state index in [1.165, 1.54) is 12.0 Å². The standard InChI is InChI=1S/C23H27NO3/c25-23-24(17-19-11-5-2-6-12-19)21-14-8-7-13-20(21)22(27-23)26-16-15-18-9-3-1-4-10-18/h1-6,9-12,20-22H,7-8,13-17H2. The second-order valence-corrected chi connectivity index (χ2v) is 7.49. The van der Waals surface area contributed by atoms with Crippen molar-refractivity contribution < 1.29 is 14.3 Å². The Balaban J connectivity index is 1.41. The summed E-state index contributed by atoms with van der Waals surface area (Å²) in [4.78, 5) is 14.6. The van der Waals surface area contributed by atoms with Gasteiger partial charge in [0.05, 0.1) is 6.61 Å². The van der Waals surface area contributed by atoms with Crippen molar-refractivity contribution in [1.29, 1.82) is 0 Å². The van der Waals surface area contributed by atoms with Crippen LogP contribution in [0.25, 0.3) is 0 Å². The van der Waals surface area contributed by atoms with E-state index in [-0.39, 0.29) is 18.1 Å². The molecule has 1 amide bonds. The van der Waals surface area contributed by atoms with Gasteiger partial charge in [0, 0.05) is 18.5 Å². The van der Waals surface area contributed by atoms with E-state index in [1.54, 1.807) is 0 Å².